The second-order valence-corrected chi connectivity index (χ2v) is 6.84. The van der Waals surface area contributed by atoms with Crippen LogP contribution < -0.4 is 0 Å². The third-order valence-electron chi connectivity index (χ3n) is 5.13. The summed E-state index contributed by atoms with van der Waals surface area (Å²) in [4.78, 5) is 4.74. The van der Waals surface area contributed by atoms with E-state index in [0.717, 1.165) is 55.3 Å². The van der Waals surface area contributed by atoms with E-state index < -0.39 is 0 Å². The van der Waals surface area contributed by atoms with Crippen molar-refractivity contribution in [3.8, 4) is 11.3 Å². The zero-order valence-electron chi connectivity index (χ0n) is 15.1. The van der Waals surface area contributed by atoms with Crippen LogP contribution in [0.3, 0.4) is 0 Å². The average molecular weight is 359 g/mol. The summed E-state index contributed by atoms with van der Waals surface area (Å²) in [7, 11) is 0. The summed E-state index contributed by atoms with van der Waals surface area (Å²) in [5.41, 5.74) is 3.37. The fraction of sp³-hybridized carbons (Fsp3) is 0.300. The van der Waals surface area contributed by atoms with Gasteiger partial charge in [0.25, 0.3) is 0 Å². The van der Waals surface area contributed by atoms with E-state index in [4.69, 9.17) is 4.98 Å². The molecule has 0 bridgehead atoms. The quantitative estimate of drug-likeness (QED) is 0.531. The van der Waals surface area contributed by atoms with Crippen molar-refractivity contribution in [3.05, 3.63) is 72.5 Å². The summed E-state index contributed by atoms with van der Waals surface area (Å²) >= 11 is 0. The van der Waals surface area contributed by atoms with Crippen molar-refractivity contribution in [1.29, 1.82) is 0 Å². The highest BCUT2D eigenvalue weighted by atomic mass is 15.3. The van der Waals surface area contributed by atoms with Gasteiger partial charge in [-0.2, -0.15) is 5.10 Å². The van der Waals surface area contributed by atoms with Gasteiger partial charge in [0.15, 0.2) is 5.82 Å². The van der Waals surface area contributed by atoms with Gasteiger partial charge in [0, 0.05) is 49.6 Å². The molecule has 4 heterocycles. The number of aryl methyl sites for hydroxylation is 2. The molecule has 0 spiro atoms. The third-order valence-corrected chi connectivity index (χ3v) is 5.13. The Balaban J connectivity index is 1.49. The van der Waals surface area contributed by atoms with Crippen LogP contribution in [0.5, 0.6) is 0 Å². The molecule has 0 unspecified atom stereocenters. The fourth-order valence-corrected chi connectivity index (χ4v) is 3.78. The van der Waals surface area contributed by atoms with Gasteiger partial charge < -0.3 is 9.13 Å². The first-order chi connectivity index (χ1) is 13.4. The van der Waals surface area contributed by atoms with E-state index in [1.807, 2.05) is 35.5 Å². The van der Waals surface area contributed by atoms with Crippen LogP contribution in [0, 0.1) is 0 Å². The van der Waals surface area contributed by atoms with Gasteiger partial charge in [-0.25, -0.2) is 4.98 Å². The minimum Gasteiger partial charge on any atom is -0.326 e. The molecule has 0 amide bonds. The second-order valence-electron chi connectivity index (χ2n) is 6.84. The summed E-state index contributed by atoms with van der Waals surface area (Å²) in [6, 6.07) is 12.3. The zero-order valence-corrected chi connectivity index (χ0v) is 15.1. The highest BCUT2D eigenvalue weighted by Crippen LogP contribution is 2.24. The minimum absolute atomic E-state index is 0.696. The molecule has 1 aliphatic heterocycles. The molecule has 0 N–H and O–H groups in total. The molecular weight excluding hydrogens is 338 g/mol. The Morgan fingerprint density at radius 2 is 1.96 bits per heavy atom. The van der Waals surface area contributed by atoms with E-state index in [0.29, 0.717) is 6.54 Å². The smallest absolute Gasteiger partial charge is 0.153 e. The standard InChI is InChI=1S/C20H21N7/c1-2-6-16(7-3-1)20-17(9-13-26-11-5-10-22-26)25(15-21-20)14-19-24-23-18-8-4-12-27(18)19/h1-3,5-7,10-11,15H,4,8-9,12-14H2. The molecule has 3 aromatic heterocycles. The number of nitrogens with zero attached hydrogens (tertiary/aromatic N) is 7. The molecule has 7 nitrogen and oxygen atoms in total. The number of hydrogen-bond donors (Lipinski definition) is 0. The topological polar surface area (TPSA) is 66.3 Å². The molecule has 136 valence electrons. The van der Waals surface area contributed by atoms with Crippen LogP contribution >= 0.6 is 0 Å². The van der Waals surface area contributed by atoms with E-state index in [2.05, 4.69) is 48.7 Å². The lowest BCUT2D eigenvalue weighted by atomic mass is 10.1. The Labute approximate surface area is 157 Å². The third kappa shape index (κ3) is 3.05. The first-order valence-electron chi connectivity index (χ1n) is 9.36. The largest absolute Gasteiger partial charge is 0.326 e. The first-order valence-corrected chi connectivity index (χ1v) is 9.36. The molecule has 5 rings (SSSR count). The summed E-state index contributed by atoms with van der Waals surface area (Å²) in [5.74, 6) is 2.12. The maximum Gasteiger partial charge on any atom is 0.153 e. The molecule has 0 aliphatic carbocycles. The molecular formula is C20H21N7. The Kier molecular flexibility index (Phi) is 4.04. The normalized spacial score (nSPS) is 13.2. The predicted octanol–water partition coefficient (Wildman–Crippen LogP) is 2.58. The van der Waals surface area contributed by atoms with Gasteiger partial charge in [-0.05, 0) is 12.5 Å². The Bertz CT molecular complexity index is 1030. The van der Waals surface area contributed by atoms with E-state index >= 15 is 0 Å². The maximum atomic E-state index is 4.74. The zero-order chi connectivity index (χ0) is 18.1. The molecule has 0 atom stereocenters. The molecule has 7 heteroatoms. The summed E-state index contributed by atoms with van der Waals surface area (Å²) < 4.78 is 6.42. The Morgan fingerprint density at radius 3 is 2.81 bits per heavy atom. The van der Waals surface area contributed by atoms with Crippen molar-refractivity contribution < 1.29 is 0 Å². The van der Waals surface area contributed by atoms with Crippen molar-refractivity contribution in [2.75, 3.05) is 0 Å². The van der Waals surface area contributed by atoms with Crippen molar-refractivity contribution >= 4 is 0 Å². The Hall–Kier alpha value is -3.22. The lowest BCUT2D eigenvalue weighted by molar-refractivity contribution is 0.579. The van der Waals surface area contributed by atoms with Gasteiger partial charge in [0.05, 0.1) is 18.6 Å². The summed E-state index contributed by atoms with van der Waals surface area (Å²) in [5, 5.41) is 13.1. The predicted molar refractivity (Wildman–Crippen MR) is 101 cm³/mol. The number of aromatic nitrogens is 7. The molecule has 1 aliphatic rings. The fourth-order valence-electron chi connectivity index (χ4n) is 3.78. The molecule has 0 radical (unpaired) electrons. The minimum atomic E-state index is 0.696. The van der Waals surface area contributed by atoms with Gasteiger partial charge in [-0.1, -0.05) is 30.3 Å². The molecule has 0 saturated carbocycles. The highest BCUT2D eigenvalue weighted by molar-refractivity contribution is 5.61. The summed E-state index contributed by atoms with van der Waals surface area (Å²) in [6.45, 7) is 2.53. The maximum absolute atomic E-state index is 4.74. The van der Waals surface area contributed by atoms with Crippen LogP contribution in [0.4, 0.5) is 0 Å². The number of fused-ring (bicyclic) bond motifs is 1. The van der Waals surface area contributed by atoms with Crippen LogP contribution in [0.15, 0.2) is 55.1 Å². The van der Waals surface area contributed by atoms with E-state index in [1.165, 1.54) is 5.69 Å². The van der Waals surface area contributed by atoms with Crippen LogP contribution in [0.2, 0.25) is 0 Å². The SMILES string of the molecule is c1ccc(-c2ncn(Cc3nnc4n3CCC4)c2CCn2cccn2)cc1. The van der Waals surface area contributed by atoms with E-state index in [-0.39, 0.29) is 0 Å². The van der Waals surface area contributed by atoms with E-state index in [1.54, 1.807) is 0 Å². The lowest BCUT2D eigenvalue weighted by Crippen LogP contribution is -2.12. The number of rotatable bonds is 6. The van der Waals surface area contributed by atoms with Crippen LogP contribution in [-0.2, 0) is 32.5 Å². The van der Waals surface area contributed by atoms with Gasteiger partial charge in [-0.15, -0.1) is 10.2 Å². The van der Waals surface area contributed by atoms with Crippen molar-refractivity contribution in [3.63, 3.8) is 0 Å². The molecule has 4 aromatic rings. The van der Waals surface area contributed by atoms with Crippen molar-refractivity contribution in [2.45, 2.75) is 38.9 Å². The van der Waals surface area contributed by atoms with Crippen LogP contribution in [0.25, 0.3) is 11.3 Å². The van der Waals surface area contributed by atoms with Crippen LogP contribution in [0.1, 0.15) is 23.8 Å². The highest BCUT2D eigenvalue weighted by Gasteiger charge is 2.19. The second kappa shape index (κ2) is 6.83. The van der Waals surface area contributed by atoms with Gasteiger partial charge in [0.1, 0.15) is 5.82 Å². The number of benzene rings is 1. The van der Waals surface area contributed by atoms with Gasteiger partial charge in [-0.3, -0.25) is 4.68 Å². The van der Waals surface area contributed by atoms with Gasteiger partial charge >= 0.3 is 0 Å². The lowest BCUT2D eigenvalue weighted by Gasteiger charge is -2.11. The van der Waals surface area contributed by atoms with Crippen molar-refractivity contribution in [1.82, 2.24) is 34.1 Å². The van der Waals surface area contributed by atoms with E-state index in [9.17, 15) is 0 Å². The molecule has 27 heavy (non-hydrogen) atoms. The molecule has 0 saturated heterocycles. The monoisotopic (exact) mass is 359 g/mol. The average Bonchev–Trinajstić information content (AvgIpc) is 3.48. The number of hydrogen-bond acceptors (Lipinski definition) is 4. The van der Waals surface area contributed by atoms with Crippen LogP contribution in [-0.4, -0.2) is 34.1 Å². The van der Waals surface area contributed by atoms with Gasteiger partial charge in [0.2, 0.25) is 0 Å². The number of imidazole rings is 1. The molecule has 0 fully saturated rings. The molecule has 1 aromatic carbocycles. The first kappa shape index (κ1) is 16.0. The summed E-state index contributed by atoms with van der Waals surface area (Å²) in [6.07, 6.45) is 8.77. The van der Waals surface area contributed by atoms with Crippen molar-refractivity contribution in [2.24, 2.45) is 0 Å². The Morgan fingerprint density at radius 1 is 1.04 bits per heavy atom.